The Labute approximate surface area is 201 Å². The molecular formula is C23H27BrClFN2O2S. The molecule has 0 spiro atoms. The second kappa shape index (κ2) is 12.5. The van der Waals surface area contributed by atoms with Crippen molar-refractivity contribution in [3.8, 4) is 0 Å². The van der Waals surface area contributed by atoms with Crippen molar-refractivity contribution in [3.05, 3.63) is 68.9 Å². The Morgan fingerprint density at radius 2 is 1.87 bits per heavy atom. The molecule has 2 rings (SSSR count). The van der Waals surface area contributed by atoms with E-state index < -0.39 is 6.04 Å². The molecule has 4 nitrogen and oxygen atoms in total. The molecule has 8 heteroatoms. The van der Waals surface area contributed by atoms with E-state index in [2.05, 4.69) is 21.2 Å². The molecular weight excluding hydrogens is 503 g/mol. The fourth-order valence-electron chi connectivity index (χ4n) is 2.83. The minimum atomic E-state index is -0.636. The number of amides is 2. The van der Waals surface area contributed by atoms with Crippen molar-refractivity contribution >= 4 is 51.1 Å². The van der Waals surface area contributed by atoms with Crippen LogP contribution in [0.15, 0.2) is 46.9 Å². The third-order valence-corrected chi connectivity index (χ3v) is 6.79. The van der Waals surface area contributed by atoms with Crippen LogP contribution in [0, 0.1) is 5.82 Å². The summed E-state index contributed by atoms with van der Waals surface area (Å²) in [6, 6.07) is 11.5. The SMILES string of the molecule is CC[C@H](C)NC(=O)[C@H](C)N(Cc1ccc(Br)cc1)C(=O)CSCc1c(F)cccc1Cl. The first-order chi connectivity index (χ1) is 14.7. The van der Waals surface area contributed by atoms with Crippen LogP contribution in [0.2, 0.25) is 5.02 Å². The summed E-state index contributed by atoms with van der Waals surface area (Å²) < 4.78 is 14.9. The van der Waals surface area contributed by atoms with E-state index in [4.69, 9.17) is 11.6 Å². The van der Waals surface area contributed by atoms with Gasteiger partial charge in [-0.25, -0.2) is 4.39 Å². The zero-order chi connectivity index (χ0) is 23.0. The van der Waals surface area contributed by atoms with Crippen LogP contribution >= 0.6 is 39.3 Å². The van der Waals surface area contributed by atoms with Gasteiger partial charge in [-0.15, -0.1) is 11.8 Å². The topological polar surface area (TPSA) is 49.4 Å². The Morgan fingerprint density at radius 1 is 1.19 bits per heavy atom. The Balaban J connectivity index is 2.11. The monoisotopic (exact) mass is 528 g/mol. The van der Waals surface area contributed by atoms with Crippen LogP contribution in [0.1, 0.15) is 38.3 Å². The van der Waals surface area contributed by atoms with Crippen molar-refractivity contribution in [1.82, 2.24) is 10.2 Å². The summed E-state index contributed by atoms with van der Waals surface area (Å²) in [6.45, 7) is 5.96. The van der Waals surface area contributed by atoms with Gasteiger partial charge in [0.25, 0.3) is 0 Å². The van der Waals surface area contributed by atoms with E-state index in [0.29, 0.717) is 17.1 Å². The van der Waals surface area contributed by atoms with Crippen molar-refractivity contribution in [2.24, 2.45) is 0 Å². The normalized spacial score (nSPS) is 12.8. The molecule has 31 heavy (non-hydrogen) atoms. The highest BCUT2D eigenvalue weighted by Crippen LogP contribution is 2.24. The van der Waals surface area contributed by atoms with Crippen LogP contribution in [0.3, 0.4) is 0 Å². The van der Waals surface area contributed by atoms with Crippen molar-refractivity contribution < 1.29 is 14.0 Å². The zero-order valence-electron chi connectivity index (χ0n) is 17.8. The molecule has 2 aromatic rings. The molecule has 0 bridgehead atoms. The van der Waals surface area contributed by atoms with E-state index >= 15 is 0 Å². The molecule has 0 aromatic heterocycles. The molecule has 0 aliphatic carbocycles. The number of halogens is 3. The summed E-state index contributed by atoms with van der Waals surface area (Å²) in [5.41, 5.74) is 1.30. The molecule has 0 aliphatic rings. The number of hydrogen-bond acceptors (Lipinski definition) is 3. The van der Waals surface area contributed by atoms with Crippen molar-refractivity contribution in [2.45, 2.75) is 51.6 Å². The maximum atomic E-state index is 14.0. The quantitative estimate of drug-likeness (QED) is 0.423. The molecule has 0 fully saturated rings. The van der Waals surface area contributed by atoms with Crippen molar-refractivity contribution in [2.75, 3.05) is 5.75 Å². The van der Waals surface area contributed by atoms with Gasteiger partial charge >= 0.3 is 0 Å². The summed E-state index contributed by atoms with van der Waals surface area (Å²) in [4.78, 5) is 27.3. The Kier molecular flexibility index (Phi) is 10.3. The van der Waals surface area contributed by atoms with Gasteiger partial charge in [-0.2, -0.15) is 0 Å². The lowest BCUT2D eigenvalue weighted by Crippen LogP contribution is -2.50. The Hall–Kier alpha value is -1.57. The van der Waals surface area contributed by atoms with Crippen LogP contribution in [0.5, 0.6) is 0 Å². The van der Waals surface area contributed by atoms with Crippen LogP contribution in [-0.2, 0) is 21.9 Å². The molecule has 2 amide bonds. The minimum Gasteiger partial charge on any atom is -0.352 e. The van der Waals surface area contributed by atoms with Crippen LogP contribution in [0.4, 0.5) is 4.39 Å². The van der Waals surface area contributed by atoms with E-state index in [1.165, 1.54) is 17.8 Å². The molecule has 168 valence electrons. The molecule has 2 aromatic carbocycles. The lowest BCUT2D eigenvalue weighted by molar-refractivity contribution is -0.138. The average molecular weight is 530 g/mol. The van der Waals surface area contributed by atoms with Gasteiger partial charge in [0, 0.05) is 33.4 Å². The molecule has 2 atom stereocenters. The third-order valence-electron chi connectivity index (χ3n) is 4.97. The third kappa shape index (κ3) is 7.81. The van der Waals surface area contributed by atoms with Gasteiger partial charge in [0.1, 0.15) is 11.9 Å². The molecule has 0 unspecified atom stereocenters. The summed E-state index contributed by atoms with van der Waals surface area (Å²) in [7, 11) is 0. The lowest BCUT2D eigenvalue weighted by Gasteiger charge is -2.29. The summed E-state index contributed by atoms with van der Waals surface area (Å²) in [5, 5.41) is 3.28. The van der Waals surface area contributed by atoms with Crippen LogP contribution < -0.4 is 5.32 Å². The van der Waals surface area contributed by atoms with Gasteiger partial charge in [-0.05, 0) is 50.1 Å². The highest BCUT2D eigenvalue weighted by atomic mass is 79.9. The smallest absolute Gasteiger partial charge is 0.242 e. The highest BCUT2D eigenvalue weighted by Gasteiger charge is 2.26. The maximum Gasteiger partial charge on any atom is 0.242 e. The van der Waals surface area contributed by atoms with Gasteiger partial charge in [0.2, 0.25) is 11.8 Å². The number of carbonyl (C=O) groups excluding carboxylic acids is 2. The second-order valence-electron chi connectivity index (χ2n) is 7.33. The molecule has 0 saturated heterocycles. The number of thioether (sulfide) groups is 1. The van der Waals surface area contributed by atoms with E-state index in [0.717, 1.165) is 16.5 Å². The maximum absolute atomic E-state index is 14.0. The minimum absolute atomic E-state index is 0.0251. The van der Waals surface area contributed by atoms with Gasteiger partial charge in [-0.3, -0.25) is 9.59 Å². The number of carbonyl (C=O) groups is 2. The van der Waals surface area contributed by atoms with Gasteiger partial charge in [0.15, 0.2) is 0 Å². The number of hydrogen-bond donors (Lipinski definition) is 1. The molecule has 0 radical (unpaired) electrons. The zero-order valence-corrected chi connectivity index (χ0v) is 21.0. The van der Waals surface area contributed by atoms with Gasteiger partial charge < -0.3 is 10.2 Å². The summed E-state index contributed by atoms with van der Waals surface area (Å²) in [6.07, 6.45) is 0.804. The van der Waals surface area contributed by atoms with Gasteiger partial charge in [0.05, 0.1) is 5.75 Å². The average Bonchev–Trinajstić information content (AvgIpc) is 2.74. The van der Waals surface area contributed by atoms with E-state index in [1.54, 1.807) is 24.0 Å². The molecule has 0 aliphatic heterocycles. The van der Waals surface area contributed by atoms with Crippen molar-refractivity contribution in [1.29, 1.82) is 0 Å². The van der Waals surface area contributed by atoms with Crippen LogP contribution in [0.25, 0.3) is 0 Å². The fourth-order valence-corrected chi connectivity index (χ4v) is 4.34. The Bertz CT molecular complexity index is 877. The first kappa shape index (κ1) is 25.7. The highest BCUT2D eigenvalue weighted by molar-refractivity contribution is 9.10. The Morgan fingerprint density at radius 3 is 2.48 bits per heavy atom. The summed E-state index contributed by atoms with van der Waals surface area (Å²) >= 11 is 10.8. The number of benzene rings is 2. The lowest BCUT2D eigenvalue weighted by atomic mass is 10.1. The standard InChI is InChI=1S/C23H27BrClFN2O2S/c1-4-15(2)27-23(30)16(3)28(12-17-8-10-18(24)11-9-17)22(29)14-31-13-19-20(25)6-5-7-21(19)26/h5-11,15-16H,4,12-14H2,1-3H3,(H,27,30)/t15-,16-/m0/s1. The first-order valence-corrected chi connectivity index (χ1v) is 12.4. The van der Waals surface area contributed by atoms with Crippen molar-refractivity contribution in [3.63, 3.8) is 0 Å². The van der Waals surface area contributed by atoms with E-state index in [1.807, 2.05) is 38.1 Å². The predicted octanol–water partition coefficient (Wildman–Crippen LogP) is 5.81. The predicted molar refractivity (Wildman–Crippen MR) is 130 cm³/mol. The fraction of sp³-hybridized carbons (Fsp3) is 0.391. The first-order valence-electron chi connectivity index (χ1n) is 10.1. The molecule has 0 saturated carbocycles. The van der Waals surface area contributed by atoms with E-state index in [9.17, 15) is 14.0 Å². The largest absolute Gasteiger partial charge is 0.352 e. The number of rotatable bonds is 10. The second-order valence-corrected chi connectivity index (χ2v) is 9.64. The van der Waals surface area contributed by atoms with Crippen LogP contribution in [-0.4, -0.2) is 34.6 Å². The number of nitrogens with one attached hydrogen (secondary N) is 1. The molecule has 1 N–H and O–H groups in total. The summed E-state index contributed by atoms with van der Waals surface area (Å²) in [5.74, 6) is -0.381. The molecule has 0 heterocycles. The van der Waals surface area contributed by atoms with Gasteiger partial charge in [-0.1, -0.05) is 52.7 Å². The van der Waals surface area contributed by atoms with E-state index in [-0.39, 0.29) is 35.2 Å². The number of nitrogens with zero attached hydrogens (tertiary/aromatic N) is 1.